The van der Waals surface area contributed by atoms with Crippen molar-refractivity contribution in [2.24, 2.45) is 0 Å². The molecule has 35 heavy (non-hydrogen) atoms. The molecule has 5 nitrogen and oxygen atoms in total. The zero-order chi connectivity index (χ0) is 25.1. The van der Waals surface area contributed by atoms with Crippen molar-refractivity contribution < 1.29 is 14.3 Å². The largest absolute Gasteiger partial charge is 0.497 e. The van der Waals surface area contributed by atoms with Gasteiger partial charge in [0, 0.05) is 24.0 Å². The lowest BCUT2D eigenvalue weighted by molar-refractivity contribution is -0.118. The lowest BCUT2D eigenvalue weighted by Crippen LogP contribution is -2.42. The highest BCUT2D eigenvalue weighted by Crippen LogP contribution is 2.28. The molecule has 1 heterocycles. The van der Waals surface area contributed by atoms with Gasteiger partial charge in [-0.1, -0.05) is 42.5 Å². The summed E-state index contributed by atoms with van der Waals surface area (Å²) in [6, 6.07) is 19.7. The summed E-state index contributed by atoms with van der Waals surface area (Å²) in [6.45, 7) is 4.10. The van der Waals surface area contributed by atoms with E-state index in [1.165, 1.54) is 5.56 Å². The van der Waals surface area contributed by atoms with E-state index in [1.807, 2.05) is 66.9 Å². The normalized spacial score (nSPS) is 11.2. The van der Waals surface area contributed by atoms with Gasteiger partial charge in [-0.2, -0.15) is 0 Å². The minimum Gasteiger partial charge on any atom is -0.497 e. The van der Waals surface area contributed by atoms with Crippen molar-refractivity contribution >= 4 is 11.5 Å². The van der Waals surface area contributed by atoms with Gasteiger partial charge in [0.2, 0.25) is 5.91 Å². The van der Waals surface area contributed by atoms with E-state index < -0.39 is 0 Å². The number of pyridine rings is 1. The highest BCUT2D eigenvalue weighted by Gasteiger charge is 2.18. The van der Waals surface area contributed by atoms with E-state index in [4.69, 9.17) is 9.47 Å². The second kappa shape index (κ2) is 12.6. The molecule has 0 unspecified atom stereocenters. The zero-order valence-corrected chi connectivity index (χ0v) is 21.0. The summed E-state index contributed by atoms with van der Waals surface area (Å²) in [5.74, 6) is 1.42. The van der Waals surface area contributed by atoms with Crippen LogP contribution in [0, 0.1) is 0 Å². The number of nitrogens with one attached hydrogen (secondary N) is 1. The minimum atomic E-state index is -0.310. The Kier molecular flexibility index (Phi) is 9.24. The van der Waals surface area contributed by atoms with Crippen molar-refractivity contribution in [1.82, 2.24) is 10.3 Å². The van der Waals surface area contributed by atoms with Gasteiger partial charge in [-0.3, -0.25) is 9.78 Å². The number of nitrogens with zero attached hydrogens (tertiary/aromatic N) is 1. The molecular weight excluding hydrogens is 436 g/mol. The first kappa shape index (κ1) is 25.8. The summed E-state index contributed by atoms with van der Waals surface area (Å²) < 4.78 is 10.8. The number of methoxy groups -OCH3 is 2. The Labute approximate surface area is 208 Å². The van der Waals surface area contributed by atoms with Gasteiger partial charge < -0.3 is 14.8 Å². The second-order valence-electron chi connectivity index (χ2n) is 8.99. The number of hydrogen-bond donors (Lipinski definition) is 1. The van der Waals surface area contributed by atoms with E-state index in [2.05, 4.69) is 30.2 Å². The van der Waals surface area contributed by atoms with Crippen molar-refractivity contribution in [3.05, 3.63) is 108 Å². The van der Waals surface area contributed by atoms with E-state index in [9.17, 15) is 4.79 Å². The van der Waals surface area contributed by atoms with Crippen molar-refractivity contribution in [2.45, 2.75) is 38.6 Å². The van der Waals surface area contributed by atoms with Gasteiger partial charge in [-0.15, -0.1) is 0 Å². The Hall–Kier alpha value is -3.86. The quantitative estimate of drug-likeness (QED) is 0.276. The molecule has 0 saturated carbocycles. The average Bonchev–Trinajstić information content (AvgIpc) is 2.87. The summed E-state index contributed by atoms with van der Waals surface area (Å²) in [7, 11) is 3.30. The lowest BCUT2D eigenvalue weighted by atomic mass is 9.95. The molecule has 0 saturated heterocycles. The molecule has 0 aliphatic rings. The predicted molar refractivity (Wildman–Crippen MR) is 142 cm³/mol. The van der Waals surface area contributed by atoms with Gasteiger partial charge >= 0.3 is 0 Å². The third kappa shape index (κ3) is 8.14. The van der Waals surface area contributed by atoms with Crippen molar-refractivity contribution in [3.63, 3.8) is 0 Å². The summed E-state index contributed by atoms with van der Waals surface area (Å²) in [6.07, 6.45) is 11.8. The summed E-state index contributed by atoms with van der Waals surface area (Å²) in [5.41, 5.74) is 3.83. The molecule has 0 aliphatic heterocycles. The predicted octanol–water partition coefficient (Wildman–Crippen LogP) is 6.00. The van der Waals surface area contributed by atoms with Crippen LogP contribution in [0.1, 0.15) is 43.4 Å². The molecule has 0 aliphatic carbocycles. The van der Waals surface area contributed by atoms with Crippen LogP contribution in [0.25, 0.3) is 5.57 Å². The van der Waals surface area contributed by atoms with E-state index in [-0.39, 0.29) is 11.4 Å². The van der Waals surface area contributed by atoms with E-state index in [1.54, 1.807) is 32.6 Å². The van der Waals surface area contributed by atoms with Crippen LogP contribution < -0.4 is 14.8 Å². The molecule has 1 amide bonds. The van der Waals surface area contributed by atoms with Crippen LogP contribution in [0.5, 0.6) is 11.5 Å². The molecule has 0 radical (unpaired) electrons. The first-order chi connectivity index (χ1) is 16.9. The van der Waals surface area contributed by atoms with Crippen LogP contribution in [0.4, 0.5) is 0 Å². The van der Waals surface area contributed by atoms with Gasteiger partial charge in [0.05, 0.1) is 14.2 Å². The number of benzene rings is 2. The maximum Gasteiger partial charge on any atom is 0.244 e. The number of amides is 1. The molecule has 2 aromatic carbocycles. The van der Waals surface area contributed by atoms with Crippen LogP contribution in [-0.4, -0.2) is 30.6 Å². The van der Waals surface area contributed by atoms with Crippen LogP contribution in [0.3, 0.4) is 0 Å². The number of rotatable bonds is 11. The number of allylic oxidation sites excluding steroid dienone is 2. The maximum absolute atomic E-state index is 12.7. The van der Waals surface area contributed by atoms with Crippen LogP contribution >= 0.6 is 0 Å². The molecule has 3 rings (SSSR count). The number of carbonyl (C=O) groups is 1. The minimum absolute atomic E-state index is 0.122. The van der Waals surface area contributed by atoms with Crippen LogP contribution in [-0.2, 0) is 11.2 Å². The van der Waals surface area contributed by atoms with E-state index in [0.29, 0.717) is 0 Å². The number of hydrogen-bond acceptors (Lipinski definition) is 4. The van der Waals surface area contributed by atoms with Gasteiger partial charge in [-0.25, -0.2) is 0 Å². The molecule has 0 spiro atoms. The molecule has 1 aromatic heterocycles. The summed E-state index contributed by atoms with van der Waals surface area (Å²) >= 11 is 0. The Balaban J connectivity index is 1.71. The fourth-order valence-corrected chi connectivity index (χ4v) is 3.89. The number of carbonyl (C=O) groups excluding carboxylic acids is 1. The van der Waals surface area contributed by atoms with Crippen molar-refractivity contribution in [3.8, 4) is 11.5 Å². The summed E-state index contributed by atoms with van der Waals surface area (Å²) in [4.78, 5) is 16.8. The number of aryl methyl sites for hydroxylation is 1. The van der Waals surface area contributed by atoms with Gasteiger partial charge in [0.1, 0.15) is 11.5 Å². The highest BCUT2D eigenvalue weighted by atomic mass is 16.5. The molecule has 5 heteroatoms. The Morgan fingerprint density at radius 2 is 1.63 bits per heavy atom. The molecule has 3 aromatic rings. The standard InChI is InChI=1S/C30H34N2O3/c1-30(2,18-8-10-23-11-9-19-31-22-23)32-29(33)17-7-16-28(24-12-5-14-26(20-24)34-3)25-13-6-15-27(21-25)35-4/h5-7,9,11-17,19-22H,8,10,18H2,1-4H3,(H,32,33)/b17-7+. The van der Waals surface area contributed by atoms with Crippen LogP contribution in [0.15, 0.2) is 91.3 Å². The second-order valence-corrected chi connectivity index (χ2v) is 8.99. The fraction of sp³-hybridized carbons (Fsp3) is 0.267. The molecule has 0 atom stereocenters. The monoisotopic (exact) mass is 470 g/mol. The summed E-state index contributed by atoms with van der Waals surface area (Å²) in [5, 5.41) is 3.12. The van der Waals surface area contributed by atoms with E-state index in [0.717, 1.165) is 47.5 Å². The van der Waals surface area contributed by atoms with Crippen molar-refractivity contribution in [2.75, 3.05) is 14.2 Å². The lowest BCUT2D eigenvalue weighted by Gasteiger charge is -2.25. The van der Waals surface area contributed by atoms with Crippen molar-refractivity contribution in [1.29, 1.82) is 0 Å². The van der Waals surface area contributed by atoms with Crippen LogP contribution in [0.2, 0.25) is 0 Å². The Bertz CT molecular complexity index is 1120. The SMILES string of the molecule is COc1cccc(C(=C/C=C/C(=O)NC(C)(C)CCCc2cccnc2)c2cccc(OC)c2)c1. The number of aromatic nitrogens is 1. The number of ether oxygens (including phenoxy) is 2. The van der Waals surface area contributed by atoms with Gasteiger partial charge in [0.15, 0.2) is 0 Å². The van der Waals surface area contributed by atoms with E-state index >= 15 is 0 Å². The first-order valence-corrected chi connectivity index (χ1v) is 11.8. The van der Waals surface area contributed by atoms with Gasteiger partial charge in [-0.05, 0) is 85.7 Å². The first-order valence-electron chi connectivity index (χ1n) is 11.8. The average molecular weight is 471 g/mol. The topological polar surface area (TPSA) is 60.5 Å². The molecule has 1 N–H and O–H groups in total. The highest BCUT2D eigenvalue weighted by molar-refractivity contribution is 5.89. The maximum atomic E-state index is 12.7. The molecule has 0 fully saturated rings. The Morgan fingerprint density at radius 1 is 0.971 bits per heavy atom. The molecular formula is C30H34N2O3. The van der Waals surface area contributed by atoms with Gasteiger partial charge in [0.25, 0.3) is 0 Å². The molecule has 0 bridgehead atoms. The smallest absolute Gasteiger partial charge is 0.244 e. The Morgan fingerprint density at radius 3 is 2.20 bits per heavy atom. The molecule has 182 valence electrons. The third-order valence-electron chi connectivity index (χ3n) is 5.72. The third-order valence-corrected chi connectivity index (χ3v) is 5.72. The zero-order valence-electron chi connectivity index (χ0n) is 21.0. The fourth-order valence-electron chi connectivity index (χ4n) is 3.89.